The number of hydrogen-bond donors (Lipinski definition) is 3. The highest BCUT2D eigenvalue weighted by Crippen LogP contribution is 2.27. The van der Waals surface area contributed by atoms with Gasteiger partial charge in [-0.3, -0.25) is 24.5 Å². The van der Waals surface area contributed by atoms with Crippen LogP contribution >= 0.6 is 27.7 Å². The second-order valence-corrected chi connectivity index (χ2v) is 11.2. The van der Waals surface area contributed by atoms with E-state index in [1.54, 1.807) is 61.5 Å². The zero-order valence-corrected chi connectivity index (χ0v) is 24.6. The largest absolute Gasteiger partial charge is 0.324 e. The molecule has 4 aromatic rings. The molecule has 0 saturated carbocycles. The first-order valence-electron chi connectivity index (χ1n) is 12.7. The van der Waals surface area contributed by atoms with Crippen LogP contribution in [0.3, 0.4) is 0 Å². The van der Waals surface area contributed by atoms with Crippen LogP contribution in [0.25, 0.3) is 6.08 Å². The van der Waals surface area contributed by atoms with Gasteiger partial charge in [-0.25, -0.2) is 0 Å². The maximum absolute atomic E-state index is 13.2. The Hall–Kier alpha value is -4.74. The minimum atomic E-state index is -0.584. The molecule has 0 aliphatic heterocycles. The van der Waals surface area contributed by atoms with Crippen LogP contribution < -0.4 is 16.0 Å². The quantitative estimate of drug-likeness (QED) is 0.0746. The van der Waals surface area contributed by atoms with Crippen molar-refractivity contribution in [2.45, 2.75) is 17.1 Å². The second kappa shape index (κ2) is 14.2. The van der Waals surface area contributed by atoms with Crippen molar-refractivity contribution in [1.29, 1.82) is 0 Å². The normalized spacial score (nSPS) is 11.7. The fourth-order valence-corrected chi connectivity index (χ4v) is 4.92. The molecule has 11 heteroatoms. The number of non-ortho nitro benzene ring substituents is 1. The molecule has 3 amide bonds. The van der Waals surface area contributed by atoms with Gasteiger partial charge in [-0.1, -0.05) is 30.3 Å². The van der Waals surface area contributed by atoms with Crippen LogP contribution in [-0.4, -0.2) is 27.9 Å². The van der Waals surface area contributed by atoms with Gasteiger partial charge in [0.1, 0.15) is 5.70 Å². The number of nitro groups is 1. The highest BCUT2D eigenvalue weighted by molar-refractivity contribution is 9.10. The van der Waals surface area contributed by atoms with Crippen molar-refractivity contribution in [3.05, 3.63) is 135 Å². The van der Waals surface area contributed by atoms with Crippen molar-refractivity contribution in [1.82, 2.24) is 5.32 Å². The minimum Gasteiger partial charge on any atom is -0.324 e. The molecule has 0 fully saturated rings. The van der Waals surface area contributed by atoms with Gasteiger partial charge in [0.05, 0.1) is 15.9 Å². The van der Waals surface area contributed by atoms with Crippen LogP contribution in [0.5, 0.6) is 0 Å². The maximum atomic E-state index is 13.2. The van der Waals surface area contributed by atoms with Crippen LogP contribution in [0.15, 0.2) is 118 Å². The molecule has 0 bridgehead atoms. The Morgan fingerprint density at radius 3 is 2.14 bits per heavy atom. The van der Waals surface area contributed by atoms with E-state index in [-0.39, 0.29) is 22.5 Å². The maximum Gasteiger partial charge on any atom is 0.272 e. The molecule has 9 nitrogen and oxygen atoms in total. The summed E-state index contributed by atoms with van der Waals surface area (Å²) in [5.74, 6) is -1.22. The predicted molar refractivity (Wildman–Crippen MR) is 168 cm³/mol. The number of hydrogen-bond acceptors (Lipinski definition) is 6. The van der Waals surface area contributed by atoms with Crippen LogP contribution in [0.2, 0.25) is 0 Å². The van der Waals surface area contributed by atoms with E-state index in [0.717, 1.165) is 9.37 Å². The SMILES string of the molecule is CC(Sc1ccc(NC(=O)/C(=C/c2ccc([N+](=O)[O-])cc2)NC(=O)c2ccccc2)cc1)C(=O)Nc1ccccc1Br. The van der Waals surface area contributed by atoms with Crippen molar-refractivity contribution in [3.63, 3.8) is 0 Å². The third-order valence-corrected chi connectivity index (χ3v) is 7.67. The summed E-state index contributed by atoms with van der Waals surface area (Å²) in [6.07, 6.45) is 1.44. The average Bonchev–Trinajstić information content (AvgIpc) is 2.99. The lowest BCUT2D eigenvalue weighted by molar-refractivity contribution is -0.384. The number of nitrogens with zero attached hydrogens (tertiary/aromatic N) is 1. The van der Waals surface area contributed by atoms with Crippen molar-refractivity contribution in [2.75, 3.05) is 10.6 Å². The van der Waals surface area contributed by atoms with Crippen molar-refractivity contribution in [3.8, 4) is 0 Å². The van der Waals surface area contributed by atoms with Crippen LogP contribution in [0.4, 0.5) is 17.1 Å². The van der Waals surface area contributed by atoms with E-state index < -0.39 is 16.7 Å². The zero-order valence-electron chi connectivity index (χ0n) is 22.2. The molecular weight excluding hydrogens is 620 g/mol. The van der Waals surface area contributed by atoms with Gasteiger partial charge in [0.2, 0.25) is 5.91 Å². The predicted octanol–water partition coefficient (Wildman–Crippen LogP) is 6.89. The number of para-hydroxylation sites is 1. The molecule has 0 aromatic heterocycles. The van der Waals surface area contributed by atoms with E-state index >= 15 is 0 Å². The third kappa shape index (κ3) is 8.38. The molecular formula is C31H25BrN4O5S. The van der Waals surface area contributed by atoms with Crippen LogP contribution in [0.1, 0.15) is 22.8 Å². The van der Waals surface area contributed by atoms with E-state index in [2.05, 4.69) is 31.9 Å². The molecule has 212 valence electrons. The number of carbonyl (C=O) groups excluding carboxylic acids is 3. The number of anilines is 2. The molecule has 3 N–H and O–H groups in total. The van der Waals surface area contributed by atoms with Gasteiger partial charge in [-0.2, -0.15) is 0 Å². The molecule has 1 atom stereocenters. The Bertz CT molecular complexity index is 1630. The van der Waals surface area contributed by atoms with E-state index in [1.807, 2.05) is 24.3 Å². The number of thioether (sulfide) groups is 1. The first-order chi connectivity index (χ1) is 20.2. The highest BCUT2D eigenvalue weighted by atomic mass is 79.9. The van der Waals surface area contributed by atoms with Crippen molar-refractivity contribution >= 4 is 68.6 Å². The monoisotopic (exact) mass is 644 g/mol. The van der Waals surface area contributed by atoms with Crippen LogP contribution in [0, 0.1) is 10.1 Å². The summed E-state index contributed by atoms with van der Waals surface area (Å²) in [5.41, 5.74) is 1.86. The molecule has 0 spiro atoms. The molecule has 0 aliphatic rings. The summed E-state index contributed by atoms with van der Waals surface area (Å²) >= 11 is 4.79. The van der Waals surface area contributed by atoms with Crippen LogP contribution in [-0.2, 0) is 9.59 Å². The van der Waals surface area contributed by atoms with Crippen molar-refractivity contribution < 1.29 is 19.3 Å². The summed E-state index contributed by atoms with van der Waals surface area (Å²) in [5, 5.41) is 18.9. The Kier molecular flexibility index (Phi) is 10.2. The molecule has 0 aliphatic carbocycles. The molecule has 1 unspecified atom stereocenters. The van der Waals surface area contributed by atoms with E-state index in [0.29, 0.717) is 22.5 Å². The second-order valence-electron chi connectivity index (χ2n) is 8.93. The summed E-state index contributed by atoms with van der Waals surface area (Å²) < 4.78 is 0.789. The van der Waals surface area contributed by atoms with E-state index in [1.165, 1.54) is 42.1 Å². The molecule has 4 rings (SSSR count). The van der Waals surface area contributed by atoms with Crippen molar-refractivity contribution in [2.24, 2.45) is 0 Å². The van der Waals surface area contributed by atoms with Gasteiger partial charge in [0.15, 0.2) is 0 Å². The van der Waals surface area contributed by atoms with Gasteiger partial charge >= 0.3 is 0 Å². The van der Waals surface area contributed by atoms with Gasteiger partial charge in [-0.05, 0) is 95.2 Å². The zero-order chi connectivity index (χ0) is 30.1. The topological polar surface area (TPSA) is 130 Å². The molecule has 0 heterocycles. The van der Waals surface area contributed by atoms with Gasteiger partial charge in [-0.15, -0.1) is 11.8 Å². The lowest BCUT2D eigenvalue weighted by atomic mass is 10.1. The fraction of sp³-hybridized carbons (Fsp3) is 0.0645. The first-order valence-corrected chi connectivity index (χ1v) is 14.3. The molecule has 0 radical (unpaired) electrons. The Morgan fingerprint density at radius 1 is 0.857 bits per heavy atom. The number of amides is 3. The fourth-order valence-electron chi connectivity index (χ4n) is 3.67. The first kappa shape index (κ1) is 30.2. The number of rotatable bonds is 10. The van der Waals surface area contributed by atoms with E-state index in [4.69, 9.17) is 0 Å². The summed E-state index contributed by atoms with van der Waals surface area (Å²) in [6, 6.07) is 28.3. The minimum absolute atomic E-state index is 0.0477. The summed E-state index contributed by atoms with van der Waals surface area (Å²) in [7, 11) is 0. The molecule has 42 heavy (non-hydrogen) atoms. The number of halogens is 1. The smallest absolute Gasteiger partial charge is 0.272 e. The molecule has 0 saturated heterocycles. The number of carbonyl (C=O) groups is 3. The summed E-state index contributed by atoms with van der Waals surface area (Å²) in [6.45, 7) is 1.80. The Labute approximate surface area is 254 Å². The average molecular weight is 646 g/mol. The highest BCUT2D eigenvalue weighted by Gasteiger charge is 2.17. The Morgan fingerprint density at radius 2 is 1.50 bits per heavy atom. The standard InChI is InChI=1S/C31H25BrN4O5S/c1-20(29(37)34-27-10-6-5-9-26(27)32)42-25-17-13-23(14-18-25)33-31(39)28(35-30(38)22-7-3-2-4-8-22)19-21-11-15-24(16-12-21)36(40)41/h2-20H,1H3,(H,33,39)(H,34,37)(H,35,38)/b28-19-. The number of benzene rings is 4. The van der Waals surface area contributed by atoms with Gasteiger partial charge < -0.3 is 16.0 Å². The van der Waals surface area contributed by atoms with Gasteiger partial charge in [0, 0.05) is 32.8 Å². The third-order valence-electron chi connectivity index (χ3n) is 5.87. The number of nitro benzene ring substituents is 1. The summed E-state index contributed by atoms with van der Waals surface area (Å²) in [4.78, 5) is 50.0. The van der Waals surface area contributed by atoms with Gasteiger partial charge in [0.25, 0.3) is 17.5 Å². The number of nitrogens with one attached hydrogen (secondary N) is 3. The molecule has 4 aromatic carbocycles. The lowest BCUT2D eigenvalue weighted by Crippen LogP contribution is -2.30. The Balaban J connectivity index is 1.45. The lowest BCUT2D eigenvalue weighted by Gasteiger charge is -2.14. The van der Waals surface area contributed by atoms with E-state index in [9.17, 15) is 24.5 Å².